The molecule has 0 unspecified atom stereocenters. The molecule has 0 radical (unpaired) electrons. The van der Waals surface area contributed by atoms with Gasteiger partial charge in [-0.1, -0.05) is 48.2 Å². The molecule has 1 fully saturated rings. The molecular weight excluding hydrogens is 368 g/mol. The Morgan fingerprint density at radius 3 is 2.46 bits per heavy atom. The van der Waals surface area contributed by atoms with Crippen LogP contribution in [-0.2, 0) is 9.59 Å². The molecule has 5 heteroatoms. The van der Waals surface area contributed by atoms with Crippen LogP contribution in [-0.4, -0.2) is 29.8 Å². The molecule has 28 heavy (non-hydrogen) atoms. The van der Waals surface area contributed by atoms with Crippen molar-refractivity contribution in [1.82, 2.24) is 4.90 Å². The van der Waals surface area contributed by atoms with Gasteiger partial charge in [0.05, 0.1) is 10.6 Å². The summed E-state index contributed by atoms with van der Waals surface area (Å²) in [4.78, 5) is 28.1. The molecular formula is C23H22N2O2S. The average molecular weight is 391 g/mol. The maximum absolute atomic E-state index is 12.3. The number of thioether (sulfide) groups is 1. The predicted molar refractivity (Wildman–Crippen MR) is 115 cm³/mol. The van der Waals surface area contributed by atoms with E-state index in [0.717, 1.165) is 47.6 Å². The number of nitrogens with zero attached hydrogens (tertiary/aromatic N) is 1. The van der Waals surface area contributed by atoms with Crippen molar-refractivity contribution >= 4 is 41.4 Å². The van der Waals surface area contributed by atoms with Gasteiger partial charge in [-0.2, -0.15) is 0 Å². The molecule has 1 N–H and O–H groups in total. The standard InChI is InChI=1S/C23H22N2O2S/c26-22(25-14-4-1-5-15-25)13-12-17-8-10-18(11-9-17)16-21-23(27)24-19-6-2-3-7-20(19)28-21/h2-3,6-13,16H,1,4-5,14-15H2,(H,24,27)/b13-12+,21-16+. The van der Waals surface area contributed by atoms with Crippen LogP contribution in [0, 0.1) is 0 Å². The molecule has 2 aromatic carbocycles. The minimum atomic E-state index is -0.0835. The van der Waals surface area contributed by atoms with Crippen molar-refractivity contribution in [3.63, 3.8) is 0 Å². The van der Waals surface area contributed by atoms with E-state index in [1.165, 1.54) is 18.2 Å². The fourth-order valence-corrected chi connectivity index (χ4v) is 4.30. The van der Waals surface area contributed by atoms with Crippen molar-refractivity contribution in [2.45, 2.75) is 24.2 Å². The number of anilines is 1. The first kappa shape index (κ1) is 18.6. The average Bonchev–Trinajstić information content (AvgIpc) is 2.74. The van der Waals surface area contributed by atoms with Crippen LogP contribution < -0.4 is 5.32 Å². The molecule has 4 rings (SSSR count). The normalized spacial score (nSPS) is 18.2. The van der Waals surface area contributed by atoms with Crippen LogP contribution in [0.4, 0.5) is 5.69 Å². The largest absolute Gasteiger partial charge is 0.339 e. The summed E-state index contributed by atoms with van der Waals surface area (Å²) in [6, 6.07) is 15.6. The monoisotopic (exact) mass is 390 g/mol. The molecule has 2 aliphatic heterocycles. The number of amides is 2. The van der Waals surface area contributed by atoms with Gasteiger partial charge in [0.1, 0.15) is 0 Å². The zero-order chi connectivity index (χ0) is 19.3. The van der Waals surface area contributed by atoms with Gasteiger partial charge < -0.3 is 10.2 Å². The summed E-state index contributed by atoms with van der Waals surface area (Å²) in [7, 11) is 0. The molecule has 1 saturated heterocycles. The number of carbonyl (C=O) groups is 2. The van der Waals surface area contributed by atoms with E-state index >= 15 is 0 Å². The molecule has 2 aromatic rings. The van der Waals surface area contributed by atoms with Crippen molar-refractivity contribution < 1.29 is 9.59 Å². The molecule has 0 spiro atoms. The van der Waals surface area contributed by atoms with Crippen molar-refractivity contribution in [2.24, 2.45) is 0 Å². The van der Waals surface area contributed by atoms with Gasteiger partial charge in [0.2, 0.25) is 5.91 Å². The minimum absolute atomic E-state index is 0.0832. The topological polar surface area (TPSA) is 49.4 Å². The van der Waals surface area contributed by atoms with E-state index in [9.17, 15) is 9.59 Å². The fourth-order valence-electron chi connectivity index (χ4n) is 3.34. The van der Waals surface area contributed by atoms with Gasteiger partial charge >= 0.3 is 0 Å². The molecule has 0 atom stereocenters. The Morgan fingerprint density at radius 1 is 0.964 bits per heavy atom. The van der Waals surface area contributed by atoms with Gasteiger partial charge in [0.25, 0.3) is 5.91 Å². The van der Waals surface area contributed by atoms with Gasteiger partial charge in [0.15, 0.2) is 0 Å². The summed E-state index contributed by atoms with van der Waals surface area (Å²) in [5.41, 5.74) is 2.78. The number of para-hydroxylation sites is 1. The second-order valence-electron chi connectivity index (χ2n) is 6.95. The first-order valence-corrected chi connectivity index (χ1v) is 10.4. The van der Waals surface area contributed by atoms with Crippen LogP contribution in [0.5, 0.6) is 0 Å². The van der Waals surface area contributed by atoms with Gasteiger partial charge in [-0.05, 0) is 54.7 Å². The van der Waals surface area contributed by atoms with E-state index in [2.05, 4.69) is 5.32 Å². The maximum atomic E-state index is 12.3. The third-order valence-corrected chi connectivity index (χ3v) is 6.00. The number of hydrogen-bond donors (Lipinski definition) is 1. The zero-order valence-corrected chi connectivity index (χ0v) is 16.4. The number of carbonyl (C=O) groups excluding carboxylic acids is 2. The number of benzene rings is 2. The highest BCUT2D eigenvalue weighted by molar-refractivity contribution is 8.04. The zero-order valence-electron chi connectivity index (χ0n) is 15.6. The van der Waals surface area contributed by atoms with Crippen LogP contribution in [0.25, 0.3) is 12.2 Å². The Labute approximate surface area is 169 Å². The Kier molecular flexibility index (Phi) is 5.63. The minimum Gasteiger partial charge on any atom is -0.339 e. The molecule has 0 bridgehead atoms. The number of piperidine rings is 1. The molecule has 4 nitrogen and oxygen atoms in total. The Balaban J connectivity index is 1.43. The smallest absolute Gasteiger partial charge is 0.262 e. The van der Waals surface area contributed by atoms with Crippen LogP contribution in [0.2, 0.25) is 0 Å². The van der Waals surface area contributed by atoms with Crippen LogP contribution in [0.3, 0.4) is 0 Å². The number of fused-ring (bicyclic) bond motifs is 1. The molecule has 2 amide bonds. The van der Waals surface area contributed by atoms with Crippen LogP contribution in [0.1, 0.15) is 30.4 Å². The quantitative estimate of drug-likeness (QED) is 0.766. The van der Waals surface area contributed by atoms with Crippen molar-refractivity contribution in [3.8, 4) is 0 Å². The van der Waals surface area contributed by atoms with E-state index in [4.69, 9.17) is 0 Å². The molecule has 2 heterocycles. The second-order valence-corrected chi connectivity index (χ2v) is 8.03. The van der Waals surface area contributed by atoms with E-state index in [-0.39, 0.29) is 11.8 Å². The van der Waals surface area contributed by atoms with Crippen LogP contribution >= 0.6 is 11.8 Å². The first-order chi connectivity index (χ1) is 13.7. The van der Waals surface area contributed by atoms with Gasteiger partial charge in [-0.3, -0.25) is 9.59 Å². The van der Waals surface area contributed by atoms with E-state index in [1.807, 2.05) is 65.6 Å². The summed E-state index contributed by atoms with van der Waals surface area (Å²) in [5.74, 6) is -0.000336. The Bertz CT molecular complexity index is 941. The molecule has 142 valence electrons. The van der Waals surface area contributed by atoms with Gasteiger partial charge in [-0.25, -0.2) is 0 Å². The van der Waals surface area contributed by atoms with Gasteiger partial charge in [0, 0.05) is 24.1 Å². The predicted octanol–water partition coefficient (Wildman–Crippen LogP) is 4.80. The fraction of sp³-hybridized carbons (Fsp3) is 0.217. The lowest BCUT2D eigenvalue weighted by Gasteiger charge is -2.25. The highest BCUT2D eigenvalue weighted by Gasteiger charge is 2.20. The summed E-state index contributed by atoms with van der Waals surface area (Å²) < 4.78 is 0. The third-order valence-electron chi connectivity index (χ3n) is 4.90. The van der Waals surface area contributed by atoms with E-state index < -0.39 is 0 Å². The SMILES string of the molecule is O=C1Nc2ccccc2S/C1=C/c1ccc(/C=C/C(=O)N2CCCCC2)cc1. The summed E-state index contributed by atoms with van der Waals surface area (Å²) >= 11 is 1.48. The van der Waals surface area contributed by atoms with Gasteiger partial charge in [-0.15, -0.1) is 0 Å². The van der Waals surface area contributed by atoms with Crippen molar-refractivity contribution in [1.29, 1.82) is 0 Å². The third kappa shape index (κ3) is 4.37. The van der Waals surface area contributed by atoms with Crippen molar-refractivity contribution in [3.05, 3.63) is 70.6 Å². The maximum Gasteiger partial charge on any atom is 0.262 e. The summed E-state index contributed by atoms with van der Waals surface area (Å²) in [6.07, 6.45) is 8.80. The summed E-state index contributed by atoms with van der Waals surface area (Å²) in [6.45, 7) is 1.72. The lowest BCUT2D eigenvalue weighted by Crippen LogP contribution is -2.34. The lowest BCUT2D eigenvalue weighted by molar-refractivity contribution is -0.126. The molecule has 0 aliphatic carbocycles. The highest BCUT2D eigenvalue weighted by Crippen LogP contribution is 2.38. The number of rotatable bonds is 3. The lowest BCUT2D eigenvalue weighted by atomic mass is 10.1. The molecule has 0 aromatic heterocycles. The number of likely N-dealkylation sites (tertiary alicyclic amines) is 1. The van der Waals surface area contributed by atoms with E-state index in [0.29, 0.717) is 4.91 Å². The molecule has 2 aliphatic rings. The highest BCUT2D eigenvalue weighted by atomic mass is 32.2. The first-order valence-electron chi connectivity index (χ1n) is 9.56. The molecule has 0 saturated carbocycles. The Morgan fingerprint density at radius 2 is 1.68 bits per heavy atom. The van der Waals surface area contributed by atoms with E-state index in [1.54, 1.807) is 6.08 Å². The summed E-state index contributed by atoms with van der Waals surface area (Å²) in [5, 5.41) is 2.92. The van der Waals surface area contributed by atoms with Crippen molar-refractivity contribution in [2.75, 3.05) is 18.4 Å². The Hall–Kier alpha value is -2.79. The second kappa shape index (κ2) is 8.48. The number of hydrogen-bond acceptors (Lipinski definition) is 3. The number of nitrogens with one attached hydrogen (secondary N) is 1. The van der Waals surface area contributed by atoms with Crippen LogP contribution in [0.15, 0.2) is 64.4 Å².